The van der Waals surface area contributed by atoms with E-state index in [2.05, 4.69) is 17.1 Å². The Morgan fingerprint density at radius 1 is 1.45 bits per heavy atom. The Balaban J connectivity index is 1.68. The molecule has 5 heteroatoms. The number of nitrogens with two attached hydrogens (primary N) is 1. The van der Waals surface area contributed by atoms with Crippen molar-refractivity contribution < 1.29 is 9.53 Å². The molecule has 3 N–H and O–H groups in total. The molecule has 1 amide bonds. The number of rotatable bonds is 8. The SMILES string of the molecule is CC1COCCN1CCCCC(C)(NC1CC1)C(N)=O. The predicted molar refractivity (Wildman–Crippen MR) is 79.5 cm³/mol. The Morgan fingerprint density at radius 2 is 2.20 bits per heavy atom. The van der Waals surface area contributed by atoms with Gasteiger partial charge in [0.05, 0.1) is 18.8 Å². The monoisotopic (exact) mass is 283 g/mol. The fourth-order valence-corrected chi connectivity index (χ4v) is 2.83. The molecular weight excluding hydrogens is 254 g/mol. The zero-order valence-corrected chi connectivity index (χ0v) is 12.9. The van der Waals surface area contributed by atoms with Crippen LogP contribution in [0.4, 0.5) is 0 Å². The minimum absolute atomic E-state index is 0.218. The number of primary amides is 1. The summed E-state index contributed by atoms with van der Waals surface area (Å²) >= 11 is 0. The molecule has 0 radical (unpaired) electrons. The van der Waals surface area contributed by atoms with Crippen LogP contribution in [0, 0.1) is 0 Å². The van der Waals surface area contributed by atoms with Gasteiger partial charge in [0.25, 0.3) is 0 Å². The summed E-state index contributed by atoms with van der Waals surface area (Å²) in [5.41, 5.74) is 5.04. The van der Waals surface area contributed by atoms with Crippen molar-refractivity contribution in [3.05, 3.63) is 0 Å². The van der Waals surface area contributed by atoms with E-state index in [0.29, 0.717) is 12.1 Å². The molecule has 116 valence electrons. The van der Waals surface area contributed by atoms with E-state index >= 15 is 0 Å². The van der Waals surface area contributed by atoms with Gasteiger partial charge in [0.1, 0.15) is 0 Å². The molecule has 2 fully saturated rings. The molecule has 0 aromatic rings. The van der Waals surface area contributed by atoms with E-state index in [0.717, 1.165) is 45.6 Å². The standard InChI is InChI=1S/C15H29N3O2/c1-12-11-20-10-9-18(12)8-4-3-7-15(2,14(16)19)17-13-5-6-13/h12-13,17H,3-11H2,1-2H3,(H2,16,19). The van der Waals surface area contributed by atoms with E-state index in [1.165, 1.54) is 12.8 Å². The van der Waals surface area contributed by atoms with Crippen LogP contribution < -0.4 is 11.1 Å². The largest absolute Gasteiger partial charge is 0.379 e. The minimum atomic E-state index is -0.530. The molecule has 0 bridgehead atoms. The van der Waals surface area contributed by atoms with Crippen molar-refractivity contribution in [1.82, 2.24) is 10.2 Å². The first-order chi connectivity index (χ1) is 9.51. The molecule has 0 aromatic carbocycles. The van der Waals surface area contributed by atoms with Crippen molar-refractivity contribution >= 4 is 5.91 Å². The molecule has 1 saturated carbocycles. The smallest absolute Gasteiger partial charge is 0.237 e. The molecule has 2 rings (SSSR count). The predicted octanol–water partition coefficient (Wildman–Crippen LogP) is 0.873. The normalized spacial score (nSPS) is 27.2. The lowest BCUT2D eigenvalue weighted by Crippen LogP contribution is -2.54. The highest BCUT2D eigenvalue weighted by Gasteiger charge is 2.36. The van der Waals surface area contributed by atoms with Gasteiger partial charge in [-0.15, -0.1) is 0 Å². The number of carbonyl (C=O) groups excluding carboxylic acids is 1. The lowest BCUT2D eigenvalue weighted by Gasteiger charge is -2.33. The Hall–Kier alpha value is -0.650. The van der Waals surface area contributed by atoms with Gasteiger partial charge in [0.15, 0.2) is 0 Å². The first kappa shape index (κ1) is 15.7. The second-order valence-electron chi connectivity index (χ2n) is 6.53. The van der Waals surface area contributed by atoms with Gasteiger partial charge in [0, 0.05) is 18.6 Å². The molecule has 2 atom stereocenters. The number of amides is 1. The Morgan fingerprint density at radius 3 is 2.80 bits per heavy atom. The summed E-state index contributed by atoms with van der Waals surface area (Å²) in [6, 6.07) is 1.02. The molecule has 1 aliphatic carbocycles. The van der Waals surface area contributed by atoms with Crippen LogP contribution >= 0.6 is 0 Å². The van der Waals surface area contributed by atoms with Gasteiger partial charge in [-0.25, -0.2) is 0 Å². The summed E-state index contributed by atoms with van der Waals surface area (Å²) in [5, 5.41) is 3.41. The molecule has 2 unspecified atom stereocenters. The number of morpholine rings is 1. The molecule has 1 aliphatic heterocycles. The number of nitrogens with zero attached hydrogens (tertiary/aromatic N) is 1. The summed E-state index contributed by atoms with van der Waals surface area (Å²) in [6.45, 7) is 7.94. The third-order valence-electron chi connectivity index (χ3n) is 4.52. The van der Waals surface area contributed by atoms with Crippen LogP contribution in [0.1, 0.15) is 46.0 Å². The van der Waals surface area contributed by atoms with Gasteiger partial charge in [-0.2, -0.15) is 0 Å². The zero-order valence-electron chi connectivity index (χ0n) is 12.9. The van der Waals surface area contributed by atoms with E-state index in [4.69, 9.17) is 10.5 Å². The number of unbranched alkanes of at least 4 members (excludes halogenated alkanes) is 1. The van der Waals surface area contributed by atoms with E-state index in [1.54, 1.807) is 0 Å². The quantitative estimate of drug-likeness (QED) is 0.649. The molecular formula is C15H29N3O2. The van der Waals surface area contributed by atoms with Crippen molar-refractivity contribution in [2.45, 2.75) is 63.6 Å². The lowest BCUT2D eigenvalue weighted by molar-refractivity contribution is -0.124. The molecule has 5 nitrogen and oxygen atoms in total. The minimum Gasteiger partial charge on any atom is -0.379 e. The lowest BCUT2D eigenvalue weighted by atomic mass is 9.93. The van der Waals surface area contributed by atoms with Crippen molar-refractivity contribution in [2.75, 3.05) is 26.3 Å². The molecule has 1 heterocycles. The van der Waals surface area contributed by atoms with E-state index < -0.39 is 5.54 Å². The topological polar surface area (TPSA) is 67.6 Å². The number of carbonyl (C=O) groups is 1. The third-order valence-corrected chi connectivity index (χ3v) is 4.52. The van der Waals surface area contributed by atoms with Crippen LogP contribution in [-0.4, -0.2) is 54.7 Å². The van der Waals surface area contributed by atoms with E-state index in [-0.39, 0.29) is 5.91 Å². The van der Waals surface area contributed by atoms with Crippen LogP contribution in [0.3, 0.4) is 0 Å². The highest BCUT2D eigenvalue weighted by atomic mass is 16.5. The molecule has 20 heavy (non-hydrogen) atoms. The molecule has 2 aliphatic rings. The molecule has 0 aromatic heterocycles. The summed E-state index contributed by atoms with van der Waals surface area (Å²) in [6.07, 6.45) is 5.32. The zero-order chi connectivity index (χ0) is 14.6. The fourth-order valence-electron chi connectivity index (χ4n) is 2.83. The average molecular weight is 283 g/mol. The van der Waals surface area contributed by atoms with Gasteiger partial charge in [-0.05, 0) is 52.5 Å². The highest BCUT2D eigenvalue weighted by Crippen LogP contribution is 2.25. The summed E-state index contributed by atoms with van der Waals surface area (Å²) in [4.78, 5) is 14.1. The molecule has 1 saturated heterocycles. The van der Waals surface area contributed by atoms with E-state index in [1.807, 2.05) is 6.92 Å². The van der Waals surface area contributed by atoms with Crippen LogP contribution in [0.2, 0.25) is 0 Å². The maximum atomic E-state index is 11.7. The van der Waals surface area contributed by atoms with Gasteiger partial charge >= 0.3 is 0 Å². The second-order valence-corrected chi connectivity index (χ2v) is 6.53. The Bertz CT molecular complexity index is 333. The van der Waals surface area contributed by atoms with Crippen LogP contribution in [0.25, 0.3) is 0 Å². The second kappa shape index (κ2) is 6.87. The summed E-state index contributed by atoms with van der Waals surface area (Å²) in [7, 11) is 0. The van der Waals surface area contributed by atoms with Crippen molar-refractivity contribution in [2.24, 2.45) is 5.73 Å². The van der Waals surface area contributed by atoms with Gasteiger partial charge in [-0.3, -0.25) is 9.69 Å². The van der Waals surface area contributed by atoms with Gasteiger partial charge < -0.3 is 15.8 Å². The number of hydrogen-bond donors (Lipinski definition) is 2. The maximum Gasteiger partial charge on any atom is 0.237 e. The molecule has 0 spiro atoms. The first-order valence-electron chi connectivity index (χ1n) is 7.91. The van der Waals surface area contributed by atoms with Crippen molar-refractivity contribution in [3.63, 3.8) is 0 Å². The first-order valence-corrected chi connectivity index (χ1v) is 7.91. The van der Waals surface area contributed by atoms with Crippen LogP contribution in [0.5, 0.6) is 0 Å². The summed E-state index contributed by atoms with van der Waals surface area (Å²) < 4.78 is 5.44. The number of hydrogen-bond acceptors (Lipinski definition) is 4. The third kappa shape index (κ3) is 4.43. The fraction of sp³-hybridized carbons (Fsp3) is 0.933. The van der Waals surface area contributed by atoms with Crippen LogP contribution in [0.15, 0.2) is 0 Å². The summed E-state index contributed by atoms with van der Waals surface area (Å²) in [5.74, 6) is -0.218. The van der Waals surface area contributed by atoms with Gasteiger partial charge in [0.2, 0.25) is 5.91 Å². The van der Waals surface area contributed by atoms with Gasteiger partial charge in [-0.1, -0.05) is 0 Å². The Labute approximate surface area is 122 Å². The Kier molecular flexibility index (Phi) is 5.41. The average Bonchev–Trinajstić information content (AvgIpc) is 3.20. The van der Waals surface area contributed by atoms with Crippen LogP contribution in [-0.2, 0) is 9.53 Å². The van der Waals surface area contributed by atoms with Crippen molar-refractivity contribution in [1.29, 1.82) is 0 Å². The number of nitrogens with one attached hydrogen (secondary N) is 1. The number of ether oxygens (including phenoxy) is 1. The van der Waals surface area contributed by atoms with E-state index in [9.17, 15) is 4.79 Å². The highest BCUT2D eigenvalue weighted by molar-refractivity contribution is 5.84. The van der Waals surface area contributed by atoms with Crippen molar-refractivity contribution in [3.8, 4) is 0 Å². The maximum absolute atomic E-state index is 11.7.